The number of nitrogens with one attached hydrogen (secondary N) is 1. The van der Waals surface area contributed by atoms with Gasteiger partial charge >= 0.3 is 12.0 Å². The summed E-state index contributed by atoms with van der Waals surface area (Å²) in [5.74, 6) is -0.290. The fraction of sp³-hybridized carbons (Fsp3) is 0.850. The summed E-state index contributed by atoms with van der Waals surface area (Å²) in [6.07, 6.45) is 11.8. The van der Waals surface area contributed by atoms with Crippen molar-refractivity contribution in [1.82, 2.24) is 10.2 Å². The lowest BCUT2D eigenvalue weighted by Gasteiger charge is -2.21. The molecule has 1 unspecified atom stereocenters. The molecule has 0 aromatic carbocycles. The molecule has 1 aliphatic rings. The predicted octanol–water partition coefficient (Wildman–Crippen LogP) is 4.17. The molecule has 0 bridgehead atoms. The van der Waals surface area contributed by atoms with E-state index in [1.54, 1.807) is 4.90 Å². The van der Waals surface area contributed by atoms with Gasteiger partial charge in [-0.05, 0) is 26.2 Å². The van der Waals surface area contributed by atoms with Crippen molar-refractivity contribution in [2.75, 3.05) is 13.2 Å². The van der Waals surface area contributed by atoms with Crippen molar-refractivity contribution in [3.63, 3.8) is 0 Å². The molecule has 1 heterocycles. The normalized spacial score (nSPS) is 16.8. The van der Waals surface area contributed by atoms with Crippen molar-refractivity contribution in [2.45, 2.75) is 96.9 Å². The van der Waals surface area contributed by atoms with Crippen LogP contribution in [0, 0.1) is 0 Å². The first-order chi connectivity index (χ1) is 12.6. The summed E-state index contributed by atoms with van der Waals surface area (Å²) in [6, 6.07) is -0.550. The molecule has 0 aliphatic carbocycles. The van der Waals surface area contributed by atoms with Crippen molar-refractivity contribution in [3.8, 4) is 0 Å². The summed E-state index contributed by atoms with van der Waals surface area (Å²) in [5.41, 5.74) is 0. The smallest absolute Gasteiger partial charge is 0.324 e. The van der Waals surface area contributed by atoms with E-state index in [1.807, 2.05) is 6.92 Å². The predicted molar refractivity (Wildman–Crippen MR) is 102 cm³/mol. The van der Waals surface area contributed by atoms with Gasteiger partial charge in [-0.3, -0.25) is 14.9 Å². The van der Waals surface area contributed by atoms with E-state index in [0.717, 1.165) is 44.9 Å². The summed E-state index contributed by atoms with van der Waals surface area (Å²) in [4.78, 5) is 37.0. The van der Waals surface area contributed by atoms with Crippen molar-refractivity contribution >= 4 is 17.9 Å². The molecule has 0 aromatic rings. The number of imide groups is 1. The van der Waals surface area contributed by atoms with Gasteiger partial charge in [0.15, 0.2) is 0 Å². The Morgan fingerprint density at radius 1 is 0.962 bits per heavy atom. The molecule has 26 heavy (non-hydrogen) atoms. The quantitative estimate of drug-likeness (QED) is 0.267. The van der Waals surface area contributed by atoms with E-state index >= 15 is 0 Å². The second kappa shape index (κ2) is 13.6. The largest absolute Gasteiger partial charge is 0.466 e. The second-order valence-corrected chi connectivity index (χ2v) is 7.03. The lowest BCUT2D eigenvalue weighted by atomic mass is 10.0. The number of carbonyl (C=O) groups excluding carboxylic acids is 3. The molecule has 0 radical (unpaired) electrons. The molecular weight excluding hydrogens is 332 g/mol. The first kappa shape index (κ1) is 22.5. The Labute approximate surface area is 158 Å². The SMILES string of the molecule is CCCCCCCCC1C(=O)NC(=O)N1CCCCCCC(=O)OCC. The molecule has 1 rings (SSSR count). The molecule has 1 N–H and O–H groups in total. The van der Waals surface area contributed by atoms with Gasteiger partial charge in [-0.25, -0.2) is 4.79 Å². The fourth-order valence-electron chi connectivity index (χ4n) is 3.34. The van der Waals surface area contributed by atoms with Gasteiger partial charge in [-0.15, -0.1) is 0 Å². The number of urea groups is 1. The number of hydrogen-bond acceptors (Lipinski definition) is 4. The molecule has 6 heteroatoms. The topological polar surface area (TPSA) is 75.7 Å². The molecular formula is C20H36N2O4. The first-order valence-corrected chi connectivity index (χ1v) is 10.4. The number of rotatable bonds is 15. The number of nitrogens with zero attached hydrogens (tertiary/aromatic N) is 1. The zero-order chi connectivity index (χ0) is 19.2. The molecule has 1 fully saturated rings. The maximum atomic E-state index is 12.0. The number of amides is 3. The Balaban J connectivity index is 2.20. The van der Waals surface area contributed by atoms with Gasteiger partial charge in [0, 0.05) is 13.0 Å². The fourth-order valence-corrected chi connectivity index (χ4v) is 3.34. The van der Waals surface area contributed by atoms with Crippen molar-refractivity contribution in [3.05, 3.63) is 0 Å². The van der Waals surface area contributed by atoms with Gasteiger partial charge in [0.1, 0.15) is 6.04 Å². The molecule has 1 saturated heterocycles. The molecule has 1 atom stereocenters. The maximum Gasteiger partial charge on any atom is 0.324 e. The summed E-state index contributed by atoms with van der Waals surface area (Å²) < 4.78 is 4.90. The van der Waals surface area contributed by atoms with Crippen LogP contribution in [-0.4, -0.2) is 42.0 Å². The van der Waals surface area contributed by atoms with Crippen LogP contribution >= 0.6 is 0 Å². The van der Waals surface area contributed by atoms with Crippen LogP contribution in [0.3, 0.4) is 0 Å². The highest BCUT2D eigenvalue weighted by Gasteiger charge is 2.37. The number of unbranched alkanes of at least 4 members (excludes halogenated alkanes) is 8. The minimum absolute atomic E-state index is 0.143. The van der Waals surface area contributed by atoms with E-state index in [0.29, 0.717) is 19.6 Å². The lowest BCUT2D eigenvalue weighted by Crippen LogP contribution is -2.35. The zero-order valence-corrected chi connectivity index (χ0v) is 16.6. The van der Waals surface area contributed by atoms with E-state index < -0.39 is 0 Å². The Kier molecular flexibility index (Phi) is 11.7. The van der Waals surface area contributed by atoms with E-state index in [1.165, 1.54) is 25.7 Å². The molecule has 1 aliphatic heterocycles. The van der Waals surface area contributed by atoms with Crippen molar-refractivity contribution in [2.24, 2.45) is 0 Å². The first-order valence-electron chi connectivity index (χ1n) is 10.4. The van der Waals surface area contributed by atoms with Gasteiger partial charge in [-0.2, -0.15) is 0 Å². The molecule has 0 spiro atoms. The van der Waals surface area contributed by atoms with Crippen LogP contribution in [0.5, 0.6) is 0 Å². The summed E-state index contributed by atoms with van der Waals surface area (Å²) in [5, 5.41) is 2.45. The average molecular weight is 369 g/mol. The van der Waals surface area contributed by atoms with Crippen LogP contribution in [0.15, 0.2) is 0 Å². The average Bonchev–Trinajstić information content (AvgIpc) is 2.87. The molecule has 150 valence electrons. The van der Waals surface area contributed by atoms with Crippen LogP contribution in [0.1, 0.15) is 90.9 Å². The third-order valence-corrected chi connectivity index (χ3v) is 4.84. The highest BCUT2D eigenvalue weighted by molar-refractivity contribution is 6.04. The summed E-state index contributed by atoms with van der Waals surface area (Å²) in [7, 11) is 0. The standard InChI is InChI=1S/C20H36N2O4/c1-3-5-6-7-8-11-14-17-19(24)21-20(25)22(17)16-13-10-9-12-15-18(23)26-4-2/h17H,3-16H2,1-2H3,(H,21,24,25). The number of ether oxygens (including phenoxy) is 1. The number of hydrogen-bond donors (Lipinski definition) is 1. The van der Waals surface area contributed by atoms with E-state index in [4.69, 9.17) is 4.74 Å². The number of esters is 1. The zero-order valence-electron chi connectivity index (χ0n) is 16.6. The summed E-state index contributed by atoms with van der Waals surface area (Å²) in [6.45, 7) is 5.04. The second-order valence-electron chi connectivity index (χ2n) is 7.03. The third-order valence-electron chi connectivity index (χ3n) is 4.84. The van der Waals surface area contributed by atoms with Crippen molar-refractivity contribution < 1.29 is 19.1 Å². The van der Waals surface area contributed by atoms with E-state index in [9.17, 15) is 14.4 Å². The maximum absolute atomic E-state index is 12.0. The Bertz CT molecular complexity index is 440. The van der Waals surface area contributed by atoms with Crippen LogP contribution in [0.2, 0.25) is 0 Å². The minimum Gasteiger partial charge on any atom is -0.466 e. The highest BCUT2D eigenvalue weighted by Crippen LogP contribution is 2.18. The Morgan fingerprint density at radius 2 is 1.62 bits per heavy atom. The monoisotopic (exact) mass is 368 g/mol. The minimum atomic E-state index is -0.298. The third kappa shape index (κ3) is 8.68. The molecule has 6 nitrogen and oxygen atoms in total. The van der Waals surface area contributed by atoms with Gasteiger partial charge in [0.25, 0.3) is 5.91 Å². The number of carbonyl (C=O) groups is 3. The summed E-state index contributed by atoms with van der Waals surface area (Å²) >= 11 is 0. The molecule has 0 saturated carbocycles. The van der Waals surface area contributed by atoms with Gasteiger partial charge in [0.2, 0.25) is 0 Å². The van der Waals surface area contributed by atoms with E-state index in [2.05, 4.69) is 12.2 Å². The Hall–Kier alpha value is -1.59. The van der Waals surface area contributed by atoms with Crippen LogP contribution in [-0.2, 0) is 14.3 Å². The van der Waals surface area contributed by atoms with Gasteiger partial charge in [0.05, 0.1) is 6.61 Å². The van der Waals surface area contributed by atoms with Crippen LogP contribution in [0.25, 0.3) is 0 Å². The van der Waals surface area contributed by atoms with Gasteiger partial charge in [-0.1, -0.05) is 58.3 Å². The molecule has 3 amide bonds. The van der Waals surface area contributed by atoms with Crippen LogP contribution in [0.4, 0.5) is 4.79 Å². The lowest BCUT2D eigenvalue weighted by molar-refractivity contribution is -0.143. The highest BCUT2D eigenvalue weighted by atomic mass is 16.5. The van der Waals surface area contributed by atoms with Crippen molar-refractivity contribution in [1.29, 1.82) is 0 Å². The van der Waals surface area contributed by atoms with Gasteiger partial charge < -0.3 is 9.64 Å². The molecule has 0 aromatic heterocycles. The van der Waals surface area contributed by atoms with E-state index in [-0.39, 0.29) is 23.9 Å². The van der Waals surface area contributed by atoms with Crippen LogP contribution < -0.4 is 5.32 Å². The Morgan fingerprint density at radius 3 is 2.35 bits per heavy atom.